The van der Waals surface area contributed by atoms with E-state index in [1.165, 1.54) is 0 Å². The van der Waals surface area contributed by atoms with Gasteiger partial charge in [-0.1, -0.05) is 5.92 Å². The number of hydrogen-bond acceptors (Lipinski definition) is 2. The summed E-state index contributed by atoms with van der Waals surface area (Å²) < 4.78 is 38.5. The molecule has 2 N–H and O–H groups in total. The van der Waals surface area contributed by atoms with Crippen LogP contribution < -0.4 is 5.32 Å². The Kier molecular flexibility index (Phi) is 4.35. The first kappa shape index (κ1) is 12.6. The van der Waals surface area contributed by atoms with E-state index in [-0.39, 0.29) is 12.1 Å². The topological polar surface area (TPSA) is 32.3 Å². The number of nitrogens with one attached hydrogen (secondary N) is 1. The van der Waals surface area contributed by atoms with Crippen LogP contribution in [0.5, 0.6) is 0 Å². The van der Waals surface area contributed by atoms with Gasteiger partial charge < -0.3 is 5.11 Å². The molecule has 0 aliphatic carbocycles. The number of benzene rings is 1. The zero-order chi connectivity index (χ0) is 12.1. The Bertz CT molecular complexity index is 391. The van der Waals surface area contributed by atoms with Crippen LogP contribution >= 0.6 is 0 Å². The lowest BCUT2D eigenvalue weighted by Crippen LogP contribution is -2.25. The predicted molar refractivity (Wildman–Crippen MR) is 53.0 cm³/mol. The smallest absolute Gasteiger partial charge is 0.194 e. The van der Waals surface area contributed by atoms with Crippen LogP contribution in [0.3, 0.4) is 0 Å². The molecule has 1 aromatic rings. The van der Waals surface area contributed by atoms with Gasteiger partial charge in [-0.2, -0.15) is 0 Å². The number of halogens is 3. The van der Waals surface area contributed by atoms with Crippen molar-refractivity contribution in [1.29, 1.82) is 0 Å². The SMILES string of the molecule is C#CCNC(CO)c1cc(F)c(F)c(F)c1. The van der Waals surface area contributed by atoms with Crippen LogP contribution in [0.1, 0.15) is 11.6 Å². The summed E-state index contributed by atoms with van der Waals surface area (Å²) in [6.07, 6.45) is 4.99. The minimum atomic E-state index is -1.53. The Morgan fingerprint density at radius 1 is 1.31 bits per heavy atom. The van der Waals surface area contributed by atoms with Crippen molar-refractivity contribution in [2.24, 2.45) is 0 Å². The molecule has 2 nitrogen and oxygen atoms in total. The first-order valence-corrected chi connectivity index (χ1v) is 4.52. The fraction of sp³-hybridized carbons (Fsp3) is 0.273. The maximum Gasteiger partial charge on any atom is 0.194 e. The summed E-state index contributed by atoms with van der Waals surface area (Å²) in [5, 5.41) is 11.7. The molecule has 86 valence electrons. The third kappa shape index (κ3) is 2.75. The number of aliphatic hydroxyl groups is 1. The van der Waals surface area contributed by atoms with Gasteiger partial charge in [0.2, 0.25) is 0 Å². The third-order valence-corrected chi connectivity index (χ3v) is 2.04. The second-order valence-corrected chi connectivity index (χ2v) is 3.12. The normalized spacial score (nSPS) is 12.2. The number of rotatable bonds is 4. The molecule has 0 aromatic heterocycles. The lowest BCUT2D eigenvalue weighted by molar-refractivity contribution is 0.247. The van der Waals surface area contributed by atoms with Crippen molar-refractivity contribution in [3.05, 3.63) is 35.1 Å². The molecule has 0 saturated carbocycles. The average molecular weight is 229 g/mol. The molecule has 0 heterocycles. The van der Waals surface area contributed by atoms with Gasteiger partial charge >= 0.3 is 0 Å². The van der Waals surface area contributed by atoms with Gasteiger partial charge in [-0.3, -0.25) is 5.32 Å². The Morgan fingerprint density at radius 2 is 1.88 bits per heavy atom. The quantitative estimate of drug-likeness (QED) is 0.603. The van der Waals surface area contributed by atoms with Crippen LogP contribution in [0.4, 0.5) is 13.2 Å². The highest BCUT2D eigenvalue weighted by Gasteiger charge is 2.16. The molecular weight excluding hydrogens is 219 g/mol. The Labute approximate surface area is 91.1 Å². The van der Waals surface area contributed by atoms with Crippen molar-refractivity contribution in [2.75, 3.05) is 13.2 Å². The summed E-state index contributed by atoms with van der Waals surface area (Å²) in [7, 11) is 0. The van der Waals surface area contributed by atoms with Crippen LogP contribution in [0.2, 0.25) is 0 Å². The van der Waals surface area contributed by atoms with Gasteiger partial charge in [0.15, 0.2) is 17.5 Å². The third-order valence-electron chi connectivity index (χ3n) is 2.04. The van der Waals surface area contributed by atoms with Crippen molar-refractivity contribution in [2.45, 2.75) is 6.04 Å². The highest BCUT2D eigenvalue weighted by atomic mass is 19.2. The second-order valence-electron chi connectivity index (χ2n) is 3.12. The second kappa shape index (κ2) is 5.54. The molecule has 0 fully saturated rings. The van der Waals surface area contributed by atoms with E-state index < -0.39 is 30.1 Å². The van der Waals surface area contributed by atoms with Gasteiger partial charge in [-0.15, -0.1) is 6.42 Å². The van der Waals surface area contributed by atoms with Gasteiger partial charge in [0.05, 0.1) is 19.2 Å². The Balaban J connectivity index is 2.98. The molecule has 0 saturated heterocycles. The van der Waals surface area contributed by atoms with Gasteiger partial charge in [0, 0.05) is 0 Å². The van der Waals surface area contributed by atoms with Crippen LogP contribution in [-0.2, 0) is 0 Å². The maximum absolute atomic E-state index is 12.9. The molecule has 0 bridgehead atoms. The van der Waals surface area contributed by atoms with E-state index in [1.54, 1.807) is 0 Å². The van der Waals surface area contributed by atoms with Gasteiger partial charge in [0.1, 0.15) is 0 Å². The van der Waals surface area contributed by atoms with Crippen molar-refractivity contribution < 1.29 is 18.3 Å². The molecule has 0 amide bonds. The van der Waals surface area contributed by atoms with Gasteiger partial charge in [0.25, 0.3) is 0 Å². The molecule has 1 unspecified atom stereocenters. The van der Waals surface area contributed by atoms with Gasteiger partial charge in [-0.05, 0) is 17.7 Å². The summed E-state index contributed by atoms with van der Waals surface area (Å²) in [4.78, 5) is 0. The molecule has 1 rings (SSSR count). The van der Waals surface area contributed by atoms with E-state index in [0.717, 1.165) is 12.1 Å². The Morgan fingerprint density at radius 3 is 2.31 bits per heavy atom. The molecular formula is C11H10F3NO. The lowest BCUT2D eigenvalue weighted by Gasteiger charge is -2.15. The Hall–Kier alpha value is -1.51. The van der Waals surface area contributed by atoms with Crippen molar-refractivity contribution in [3.63, 3.8) is 0 Å². The maximum atomic E-state index is 12.9. The lowest BCUT2D eigenvalue weighted by atomic mass is 10.1. The number of terminal acetylenes is 1. The molecule has 16 heavy (non-hydrogen) atoms. The molecule has 0 aliphatic rings. The fourth-order valence-electron chi connectivity index (χ4n) is 1.25. The molecule has 5 heteroatoms. The van der Waals surface area contributed by atoms with E-state index in [1.807, 2.05) is 0 Å². The molecule has 0 radical (unpaired) electrons. The van der Waals surface area contributed by atoms with Crippen LogP contribution in [0, 0.1) is 29.8 Å². The molecule has 0 aliphatic heterocycles. The summed E-state index contributed by atoms with van der Waals surface area (Å²) in [5.74, 6) is -1.86. The summed E-state index contributed by atoms with van der Waals surface area (Å²) >= 11 is 0. The van der Waals surface area contributed by atoms with Crippen LogP contribution in [0.25, 0.3) is 0 Å². The summed E-state index contributed by atoms with van der Waals surface area (Å²) in [5.41, 5.74) is 0.106. The van der Waals surface area contributed by atoms with Gasteiger partial charge in [-0.25, -0.2) is 13.2 Å². The van der Waals surface area contributed by atoms with E-state index >= 15 is 0 Å². The molecule has 0 spiro atoms. The highest BCUT2D eigenvalue weighted by molar-refractivity contribution is 5.23. The zero-order valence-electron chi connectivity index (χ0n) is 8.30. The predicted octanol–water partition coefficient (Wildman–Crippen LogP) is 1.36. The average Bonchev–Trinajstić information content (AvgIpc) is 2.26. The standard InChI is InChI=1S/C11H10F3NO/c1-2-3-15-10(6-16)7-4-8(12)11(14)9(13)5-7/h1,4-5,10,15-16H,3,6H2. The van der Waals surface area contributed by atoms with E-state index in [0.29, 0.717) is 0 Å². The van der Waals surface area contributed by atoms with E-state index in [4.69, 9.17) is 11.5 Å². The zero-order valence-corrected chi connectivity index (χ0v) is 8.30. The first-order chi connectivity index (χ1) is 7.60. The minimum absolute atomic E-state index is 0.106. The van der Waals surface area contributed by atoms with Crippen LogP contribution in [0.15, 0.2) is 12.1 Å². The van der Waals surface area contributed by atoms with E-state index in [9.17, 15) is 13.2 Å². The minimum Gasteiger partial charge on any atom is -0.394 e. The number of aliphatic hydroxyl groups excluding tert-OH is 1. The van der Waals surface area contributed by atoms with E-state index in [2.05, 4.69) is 11.2 Å². The largest absolute Gasteiger partial charge is 0.394 e. The fourth-order valence-corrected chi connectivity index (χ4v) is 1.25. The molecule has 1 aromatic carbocycles. The highest BCUT2D eigenvalue weighted by Crippen LogP contribution is 2.18. The monoisotopic (exact) mass is 229 g/mol. The first-order valence-electron chi connectivity index (χ1n) is 4.52. The molecule has 1 atom stereocenters. The van der Waals surface area contributed by atoms with Crippen molar-refractivity contribution in [3.8, 4) is 12.3 Å². The summed E-state index contributed by atoms with van der Waals surface area (Å²) in [6, 6.07) is 0.923. The van der Waals surface area contributed by atoms with Crippen molar-refractivity contribution in [1.82, 2.24) is 5.32 Å². The van der Waals surface area contributed by atoms with Crippen LogP contribution in [-0.4, -0.2) is 18.3 Å². The number of hydrogen-bond donors (Lipinski definition) is 2. The van der Waals surface area contributed by atoms with Crippen molar-refractivity contribution >= 4 is 0 Å². The summed E-state index contributed by atoms with van der Waals surface area (Å²) in [6.45, 7) is -0.266.